The molecule has 24 heavy (non-hydrogen) atoms. The van der Waals surface area contributed by atoms with Crippen LogP contribution in [-0.4, -0.2) is 46.3 Å². The van der Waals surface area contributed by atoms with Gasteiger partial charge in [-0.3, -0.25) is 14.9 Å². The molecule has 0 N–H and O–H groups in total. The van der Waals surface area contributed by atoms with Gasteiger partial charge in [0.15, 0.2) is 0 Å². The van der Waals surface area contributed by atoms with Gasteiger partial charge in [0.2, 0.25) is 0 Å². The third kappa shape index (κ3) is 3.48. The van der Waals surface area contributed by atoms with E-state index in [1.165, 1.54) is 12.0 Å². The van der Waals surface area contributed by atoms with Crippen molar-refractivity contribution in [3.63, 3.8) is 0 Å². The molecular weight excluding hydrogens is 302 g/mol. The molecule has 0 amide bonds. The molecule has 2 aliphatic heterocycles. The van der Waals surface area contributed by atoms with Crippen LogP contribution in [0.3, 0.4) is 0 Å². The molecule has 5 heteroatoms. The van der Waals surface area contributed by atoms with Crippen molar-refractivity contribution in [2.24, 2.45) is 0 Å². The Morgan fingerprint density at radius 3 is 2.67 bits per heavy atom. The van der Waals surface area contributed by atoms with Gasteiger partial charge in [0.25, 0.3) is 0 Å². The Kier molecular flexibility index (Phi) is 4.83. The van der Waals surface area contributed by atoms with Crippen LogP contribution in [0.15, 0.2) is 49.1 Å². The molecule has 2 aliphatic rings. The van der Waals surface area contributed by atoms with Crippen molar-refractivity contribution in [3.05, 3.63) is 60.2 Å². The fourth-order valence-corrected chi connectivity index (χ4v) is 3.75. The van der Waals surface area contributed by atoms with Gasteiger partial charge >= 0.3 is 0 Å². The summed E-state index contributed by atoms with van der Waals surface area (Å²) in [4.78, 5) is 10.9. The lowest BCUT2D eigenvalue weighted by Crippen LogP contribution is -2.41. The Labute approximate surface area is 142 Å². The normalized spacial score (nSPS) is 27.1. The largest absolute Gasteiger partial charge is 0.374 e. The number of hydrogen-bond donors (Lipinski definition) is 0. The van der Waals surface area contributed by atoms with E-state index in [4.69, 9.17) is 9.47 Å². The molecule has 2 aromatic heterocycles. The van der Waals surface area contributed by atoms with Crippen LogP contribution in [-0.2, 0) is 22.6 Å². The highest BCUT2D eigenvalue weighted by Gasteiger charge is 2.44. The van der Waals surface area contributed by atoms with Crippen molar-refractivity contribution in [1.82, 2.24) is 14.9 Å². The summed E-state index contributed by atoms with van der Waals surface area (Å²) >= 11 is 0. The molecule has 0 aromatic carbocycles. The third-order valence-corrected chi connectivity index (χ3v) is 4.88. The van der Waals surface area contributed by atoms with Gasteiger partial charge in [-0.2, -0.15) is 0 Å². The molecular formula is C19H23N3O2. The molecule has 2 saturated heterocycles. The lowest BCUT2D eigenvalue weighted by Gasteiger charge is -2.32. The number of hydrogen-bond acceptors (Lipinski definition) is 5. The van der Waals surface area contributed by atoms with E-state index in [1.54, 1.807) is 6.20 Å². The molecule has 0 radical (unpaired) electrons. The Bertz CT molecular complexity index is 638. The number of likely N-dealkylation sites (tertiary alicyclic amines) is 1. The summed E-state index contributed by atoms with van der Waals surface area (Å²) < 4.78 is 12.3. The maximum Gasteiger partial charge on any atom is 0.100 e. The third-order valence-electron chi connectivity index (χ3n) is 4.88. The molecule has 2 aromatic rings. The summed E-state index contributed by atoms with van der Waals surface area (Å²) in [5.74, 6) is 0. The van der Waals surface area contributed by atoms with Gasteiger partial charge < -0.3 is 9.47 Å². The molecule has 4 rings (SSSR count). The van der Waals surface area contributed by atoms with E-state index >= 15 is 0 Å². The van der Waals surface area contributed by atoms with Crippen molar-refractivity contribution in [2.45, 2.75) is 44.2 Å². The fraction of sp³-hybridized carbons (Fsp3) is 0.474. The van der Waals surface area contributed by atoms with E-state index < -0.39 is 0 Å². The number of nitrogens with zero attached hydrogens (tertiary/aromatic N) is 3. The zero-order valence-electron chi connectivity index (χ0n) is 13.8. The summed E-state index contributed by atoms with van der Waals surface area (Å²) in [6.07, 6.45) is 10.0. The predicted octanol–water partition coefficient (Wildman–Crippen LogP) is 2.43. The number of rotatable bonds is 5. The van der Waals surface area contributed by atoms with Gasteiger partial charge in [-0.25, -0.2) is 0 Å². The molecule has 0 unspecified atom stereocenters. The molecule has 5 nitrogen and oxygen atoms in total. The van der Waals surface area contributed by atoms with Crippen LogP contribution < -0.4 is 0 Å². The topological polar surface area (TPSA) is 47.5 Å². The summed E-state index contributed by atoms with van der Waals surface area (Å²) in [7, 11) is 0. The first-order chi connectivity index (χ1) is 11.9. The van der Waals surface area contributed by atoms with Crippen molar-refractivity contribution >= 4 is 0 Å². The second-order valence-electron chi connectivity index (χ2n) is 6.55. The van der Waals surface area contributed by atoms with Crippen LogP contribution in [0.2, 0.25) is 0 Å². The highest BCUT2D eigenvalue weighted by Crippen LogP contribution is 2.32. The monoisotopic (exact) mass is 325 g/mol. The molecule has 0 aliphatic carbocycles. The Morgan fingerprint density at radius 2 is 1.92 bits per heavy atom. The van der Waals surface area contributed by atoms with Gasteiger partial charge in [-0.15, -0.1) is 0 Å². The molecule has 2 fully saturated rings. The van der Waals surface area contributed by atoms with Crippen LogP contribution in [0.25, 0.3) is 0 Å². The van der Waals surface area contributed by atoms with Gasteiger partial charge in [0.05, 0.1) is 12.7 Å². The van der Waals surface area contributed by atoms with Gasteiger partial charge in [-0.05, 0) is 36.1 Å². The number of ether oxygens (including phenoxy) is 2. The predicted molar refractivity (Wildman–Crippen MR) is 90.2 cm³/mol. The van der Waals surface area contributed by atoms with E-state index in [1.807, 2.05) is 30.7 Å². The minimum atomic E-state index is 0.118. The van der Waals surface area contributed by atoms with Crippen molar-refractivity contribution < 1.29 is 9.47 Å². The SMILES string of the molecule is c1cncc(CO[C@@H]2CN(Cc3cccnc3)[C@@H]3CCCO[C@@H]32)c1. The average molecular weight is 325 g/mol. The van der Waals surface area contributed by atoms with Gasteiger partial charge in [0, 0.05) is 50.5 Å². The van der Waals surface area contributed by atoms with Crippen molar-refractivity contribution in [1.29, 1.82) is 0 Å². The summed E-state index contributed by atoms with van der Waals surface area (Å²) in [6, 6.07) is 8.57. The van der Waals surface area contributed by atoms with E-state index in [9.17, 15) is 0 Å². The first kappa shape index (κ1) is 15.7. The zero-order valence-corrected chi connectivity index (χ0v) is 13.8. The van der Waals surface area contributed by atoms with Crippen LogP contribution in [0.1, 0.15) is 24.0 Å². The quantitative estimate of drug-likeness (QED) is 0.845. The lowest BCUT2D eigenvalue weighted by molar-refractivity contribution is -0.0819. The Morgan fingerprint density at radius 1 is 1.12 bits per heavy atom. The minimum Gasteiger partial charge on any atom is -0.374 e. The van der Waals surface area contributed by atoms with Crippen molar-refractivity contribution in [2.75, 3.05) is 13.2 Å². The minimum absolute atomic E-state index is 0.118. The van der Waals surface area contributed by atoms with Crippen molar-refractivity contribution in [3.8, 4) is 0 Å². The maximum absolute atomic E-state index is 6.20. The molecule has 4 heterocycles. The smallest absolute Gasteiger partial charge is 0.100 e. The first-order valence-electron chi connectivity index (χ1n) is 8.65. The number of aromatic nitrogens is 2. The molecule has 0 bridgehead atoms. The lowest BCUT2D eigenvalue weighted by atomic mass is 10.0. The fourth-order valence-electron chi connectivity index (χ4n) is 3.75. The molecule has 3 atom stereocenters. The maximum atomic E-state index is 6.20. The average Bonchev–Trinajstić information content (AvgIpc) is 3.00. The number of fused-ring (bicyclic) bond motifs is 1. The highest BCUT2D eigenvalue weighted by atomic mass is 16.5. The Hall–Kier alpha value is -1.82. The van der Waals surface area contributed by atoms with E-state index in [-0.39, 0.29) is 12.2 Å². The summed E-state index contributed by atoms with van der Waals surface area (Å²) in [5, 5.41) is 0. The second-order valence-corrected chi connectivity index (χ2v) is 6.55. The second kappa shape index (κ2) is 7.38. The van der Waals surface area contributed by atoms with Gasteiger partial charge in [-0.1, -0.05) is 12.1 Å². The molecule has 126 valence electrons. The molecule has 0 saturated carbocycles. The van der Waals surface area contributed by atoms with Gasteiger partial charge in [0.1, 0.15) is 6.10 Å². The van der Waals surface area contributed by atoms with E-state index in [2.05, 4.69) is 27.0 Å². The van der Waals surface area contributed by atoms with E-state index in [0.717, 1.165) is 31.7 Å². The summed E-state index contributed by atoms with van der Waals surface area (Å²) in [5.41, 5.74) is 2.35. The highest BCUT2D eigenvalue weighted by molar-refractivity contribution is 5.11. The zero-order chi connectivity index (χ0) is 16.2. The van der Waals surface area contributed by atoms with Crippen LogP contribution in [0.4, 0.5) is 0 Å². The Balaban J connectivity index is 1.43. The standard InChI is InChI=1S/C19H23N3O2/c1-4-15(10-20-7-1)12-22-13-18(19-17(22)6-3-9-23-19)24-14-16-5-2-8-21-11-16/h1-2,4-5,7-8,10-11,17-19H,3,6,9,12-14H2/t17-,18-,19+/m1/s1. The van der Waals surface area contributed by atoms with Crippen LogP contribution >= 0.6 is 0 Å². The molecule has 0 spiro atoms. The van der Waals surface area contributed by atoms with E-state index in [0.29, 0.717) is 12.6 Å². The van der Waals surface area contributed by atoms with Crippen LogP contribution in [0, 0.1) is 0 Å². The number of pyridine rings is 2. The summed E-state index contributed by atoms with van der Waals surface area (Å²) in [6.45, 7) is 3.25. The first-order valence-corrected chi connectivity index (χ1v) is 8.65. The van der Waals surface area contributed by atoms with Crippen LogP contribution in [0.5, 0.6) is 0 Å².